The van der Waals surface area contributed by atoms with Crippen molar-refractivity contribution >= 4 is 11.8 Å². The minimum Gasteiger partial charge on any atom is -0.353 e. The average molecular weight is 381 g/mol. The summed E-state index contributed by atoms with van der Waals surface area (Å²) in [5.74, 6) is 0.765. The third-order valence-electron chi connectivity index (χ3n) is 5.58. The van der Waals surface area contributed by atoms with Crippen molar-refractivity contribution in [2.24, 2.45) is 0 Å². The van der Waals surface area contributed by atoms with Gasteiger partial charge in [-0.1, -0.05) is 31.0 Å². The van der Waals surface area contributed by atoms with Gasteiger partial charge in [0.15, 0.2) is 0 Å². The van der Waals surface area contributed by atoms with Crippen LogP contribution < -0.4 is 15.8 Å². The Morgan fingerprint density at radius 3 is 2.50 bits per heavy atom. The van der Waals surface area contributed by atoms with E-state index in [-0.39, 0.29) is 11.6 Å². The second kappa shape index (κ2) is 8.46. The SMILES string of the molecule is O=C(NC1CCCC1)N1CCCN(c2ccc(=O)n(-c3ccccc3)n2)CC1. The van der Waals surface area contributed by atoms with Crippen LogP contribution in [-0.4, -0.2) is 52.9 Å². The monoisotopic (exact) mass is 381 g/mol. The van der Waals surface area contributed by atoms with Gasteiger partial charge in [0.1, 0.15) is 5.82 Å². The lowest BCUT2D eigenvalue weighted by Gasteiger charge is -2.24. The molecule has 1 saturated heterocycles. The van der Waals surface area contributed by atoms with Crippen LogP contribution in [0.25, 0.3) is 5.69 Å². The third kappa shape index (κ3) is 4.18. The molecule has 1 aromatic carbocycles. The molecule has 1 N–H and O–H groups in total. The largest absolute Gasteiger partial charge is 0.353 e. The van der Waals surface area contributed by atoms with Crippen molar-refractivity contribution in [3.63, 3.8) is 0 Å². The molecule has 2 heterocycles. The fourth-order valence-corrected chi connectivity index (χ4v) is 4.01. The number of nitrogens with zero attached hydrogens (tertiary/aromatic N) is 4. The summed E-state index contributed by atoms with van der Waals surface area (Å²) in [5, 5.41) is 7.75. The zero-order chi connectivity index (χ0) is 19.3. The van der Waals surface area contributed by atoms with E-state index in [1.54, 1.807) is 12.1 Å². The van der Waals surface area contributed by atoms with Gasteiger partial charge in [0.05, 0.1) is 5.69 Å². The van der Waals surface area contributed by atoms with Gasteiger partial charge in [-0.05, 0) is 37.5 Å². The first-order chi connectivity index (χ1) is 13.7. The molecule has 7 nitrogen and oxygen atoms in total. The van der Waals surface area contributed by atoms with E-state index in [2.05, 4.69) is 15.3 Å². The van der Waals surface area contributed by atoms with Crippen LogP contribution in [0.15, 0.2) is 47.3 Å². The Balaban J connectivity index is 1.44. The molecule has 0 spiro atoms. The molecule has 2 aliphatic rings. The van der Waals surface area contributed by atoms with Crippen molar-refractivity contribution in [1.29, 1.82) is 0 Å². The van der Waals surface area contributed by atoms with Gasteiger partial charge >= 0.3 is 6.03 Å². The summed E-state index contributed by atoms with van der Waals surface area (Å²) in [4.78, 5) is 28.9. The number of amides is 2. The lowest BCUT2D eigenvalue weighted by Crippen LogP contribution is -2.45. The summed E-state index contributed by atoms with van der Waals surface area (Å²) >= 11 is 0. The van der Waals surface area contributed by atoms with Crippen molar-refractivity contribution in [3.8, 4) is 5.69 Å². The standard InChI is InChI=1S/C21H27N5O2/c27-20-12-11-19(23-26(20)18-9-2-1-3-10-18)24-13-6-14-25(16-15-24)21(28)22-17-7-4-5-8-17/h1-3,9-12,17H,4-8,13-16H2,(H,22,28). The average Bonchev–Trinajstić information content (AvgIpc) is 3.10. The molecular formula is C21H27N5O2. The molecule has 2 fully saturated rings. The van der Waals surface area contributed by atoms with Crippen LogP contribution in [0.5, 0.6) is 0 Å². The van der Waals surface area contributed by atoms with E-state index in [1.165, 1.54) is 17.5 Å². The molecule has 0 unspecified atom stereocenters. The Morgan fingerprint density at radius 1 is 0.929 bits per heavy atom. The Hall–Kier alpha value is -2.83. The number of urea groups is 1. The van der Waals surface area contributed by atoms with E-state index in [9.17, 15) is 9.59 Å². The lowest BCUT2D eigenvalue weighted by atomic mass is 10.2. The molecule has 1 aliphatic heterocycles. The van der Waals surface area contributed by atoms with Crippen LogP contribution in [0.2, 0.25) is 0 Å². The molecule has 0 bridgehead atoms. The van der Waals surface area contributed by atoms with E-state index < -0.39 is 0 Å². The number of carbonyl (C=O) groups is 1. The minimum atomic E-state index is -0.151. The molecular weight excluding hydrogens is 354 g/mol. The Morgan fingerprint density at radius 2 is 1.71 bits per heavy atom. The molecule has 148 valence electrons. The van der Waals surface area contributed by atoms with Gasteiger partial charge in [0.25, 0.3) is 5.56 Å². The van der Waals surface area contributed by atoms with Gasteiger partial charge < -0.3 is 15.1 Å². The first kappa shape index (κ1) is 18.5. The number of rotatable bonds is 3. The van der Waals surface area contributed by atoms with Gasteiger partial charge in [-0.3, -0.25) is 4.79 Å². The summed E-state index contributed by atoms with van der Waals surface area (Å²) < 4.78 is 1.44. The van der Waals surface area contributed by atoms with E-state index >= 15 is 0 Å². The van der Waals surface area contributed by atoms with E-state index in [0.29, 0.717) is 19.1 Å². The van der Waals surface area contributed by atoms with Gasteiger partial charge in [0.2, 0.25) is 0 Å². The zero-order valence-corrected chi connectivity index (χ0v) is 16.1. The number of hydrogen-bond donors (Lipinski definition) is 1. The smallest absolute Gasteiger partial charge is 0.317 e. The molecule has 7 heteroatoms. The van der Waals surface area contributed by atoms with Crippen LogP contribution >= 0.6 is 0 Å². The van der Waals surface area contributed by atoms with Crippen molar-refractivity contribution in [1.82, 2.24) is 20.0 Å². The Kier molecular flexibility index (Phi) is 5.60. The summed E-state index contributed by atoms with van der Waals surface area (Å²) in [6, 6.07) is 13.2. The first-order valence-corrected chi connectivity index (χ1v) is 10.2. The molecule has 1 aliphatic carbocycles. The maximum absolute atomic E-state index is 12.6. The van der Waals surface area contributed by atoms with Crippen molar-refractivity contribution in [3.05, 3.63) is 52.8 Å². The van der Waals surface area contributed by atoms with Crippen LogP contribution in [0.4, 0.5) is 10.6 Å². The normalized spacial score (nSPS) is 18.1. The van der Waals surface area contributed by atoms with Gasteiger partial charge in [-0.25, -0.2) is 4.79 Å². The molecule has 1 saturated carbocycles. The number of carbonyl (C=O) groups excluding carboxylic acids is 1. The number of para-hydroxylation sites is 1. The molecule has 0 radical (unpaired) electrons. The number of nitrogens with one attached hydrogen (secondary N) is 1. The molecule has 4 rings (SSSR count). The summed E-state index contributed by atoms with van der Waals surface area (Å²) in [7, 11) is 0. The number of anilines is 1. The topological polar surface area (TPSA) is 70.5 Å². The number of hydrogen-bond acceptors (Lipinski definition) is 4. The fourth-order valence-electron chi connectivity index (χ4n) is 4.01. The maximum Gasteiger partial charge on any atom is 0.317 e. The van der Waals surface area contributed by atoms with Gasteiger partial charge in [-0.15, -0.1) is 5.10 Å². The summed E-state index contributed by atoms with van der Waals surface area (Å²) in [6.07, 6.45) is 5.49. The fraction of sp³-hybridized carbons (Fsp3) is 0.476. The highest BCUT2D eigenvalue weighted by molar-refractivity contribution is 5.74. The highest BCUT2D eigenvalue weighted by Gasteiger charge is 2.23. The quantitative estimate of drug-likeness (QED) is 0.886. The highest BCUT2D eigenvalue weighted by Crippen LogP contribution is 2.18. The van der Waals surface area contributed by atoms with Gasteiger partial charge in [0, 0.05) is 38.3 Å². The van der Waals surface area contributed by atoms with Crippen LogP contribution in [-0.2, 0) is 0 Å². The number of aromatic nitrogens is 2. The molecule has 28 heavy (non-hydrogen) atoms. The molecule has 1 aromatic heterocycles. The van der Waals surface area contributed by atoms with Gasteiger partial charge in [-0.2, -0.15) is 4.68 Å². The van der Waals surface area contributed by atoms with Crippen molar-refractivity contribution < 1.29 is 4.79 Å². The summed E-state index contributed by atoms with van der Waals surface area (Å²) in [5.41, 5.74) is 0.601. The lowest BCUT2D eigenvalue weighted by molar-refractivity contribution is 0.197. The second-order valence-electron chi connectivity index (χ2n) is 7.54. The third-order valence-corrected chi connectivity index (χ3v) is 5.58. The first-order valence-electron chi connectivity index (χ1n) is 10.2. The van der Waals surface area contributed by atoms with E-state index in [0.717, 1.165) is 43.9 Å². The minimum absolute atomic E-state index is 0.0518. The van der Waals surface area contributed by atoms with E-state index in [4.69, 9.17) is 0 Å². The van der Waals surface area contributed by atoms with E-state index in [1.807, 2.05) is 35.2 Å². The van der Waals surface area contributed by atoms with Crippen molar-refractivity contribution in [2.75, 3.05) is 31.1 Å². The van der Waals surface area contributed by atoms with Crippen LogP contribution in [0, 0.1) is 0 Å². The molecule has 2 aromatic rings. The predicted molar refractivity (Wildman–Crippen MR) is 109 cm³/mol. The zero-order valence-electron chi connectivity index (χ0n) is 16.1. The van der Waals surface area contributed by atoms with Crippen LogP contribution in [0.3, 0.4) is 0 Å². The molecule has 2 amide bonds. The Bertz CT molecular complexity index is 861. The van der Waals surface area contributed by atoms with Crippen molar-refractivity contribution in [2.45, 2.75) is 38.1 Å². The van der Waals surface area contributed by atoms with Crippen LogP contribution in [0.1, 0.15) is 32.1 Å². The Labute approximate surface area is 165 Å². The second-order valence-corrected chi connectivity index (χ2v) is 7.54. The maximum atomic E-state index is 12.6. The number of benzene rings is 1. The summed E-state index contributed by atoms with van der Waals surface area (Å²) in [6.45, 7) is 2.92. The molecule has 0 atom stereocenters. The predicted octanol–water partition coefficient (Wildman–Crippen LogP) is 2.40. The highest BCUT2D eigenvalue weighted by atomic mass is 16.2.